The molecule has 0 radical (unpaired) electrons. The van der Waals surface area contributed by atoms with Crippen LogP contribution in [-0.4, -0.2) is 61.1 Å². The van der Waals surface area contributed by atoms with E-state index in [-0.39, 0.29) is 24.8 Å². The molecule has 1 aliphatic heterocycles. The van der Waals surface area contributed by atoms with Crippen molar-refractivity contribution in [2.45, 2.75) is 83.2 Å². The Hall–Kier alpha value is -1.05. The molecule has 2 aromatic rings. The number of aromatic nitrogens is 1. The summed E-state index contributed by atoms with van der Waals surface area (Å²) in [5, 5.41) is 19.2. The Morgan fingerprint density at radius 2 is 1.72 bits per heavy atom. The number of hydrogen-bond donors (Lipinski definition) is 2. The van der Waals surface area contributed by atoms with Gasteiger partial charge in [-0.15, -0.1) is 24.8 Å². The highest BCUT2D eigenvalue weighted by molar-refractivity contribution is 5.86. The summed E-state index contributed by atoms with van der Waals surface area (Å²) in [7, 11) is 3.75. The van der Waals surface area contributed by atoms with E-state index in [2.05, 4.69) is 34.4 Å². The summed E-state index contributed by atoms with van der Waals surface area (Å²) in [6.45, 7) is 6.01. The number of piperidine rings is 1. The summed E-state index contributed by atoms with van der Waals surface area (Å²) >= 11 is 0. The first-order valence-corrected chi connectivity index (χ1v) is 13.5. The molecule has 0 atom stereocenters. The number of benzene rings is 1. The summed E-state index contributed by atoms with van der Waals surface area (Å²) in [5.41, 5.74) is 2.62. The molecule has 36 heavy (non-hydrogen) atoms. The van der Waals surface area contributed by atoms with Crippen molar-refractivity contribution in [3.63, 3.8) is 0 Å². The van der Waals surface area contributed by atoms with Crippen LogP contribution in [0, 0.1) is 18.8 Å². The summed E-state index contributed by atoms with van der Waals surface area (Å²) in [4.78, 5) is 2.50. The fraction of sp³-hybridized carbons (Fsp3) is 0.750. The van der Waals surface area contributed by atoms with Crippen LogP contribution in [0.5, 0.6) is 5.75 Å². The van der Waals surface area contributed by atoms with Gasteiger partial charge in [-0.1, -0.05) is 24.4 Å². The van der Waals surface area contributed by atoms with Crippen LogP contribution in [0.1, 0.15) is 75.5 Å². The molecule has 3 fully saturated rings. The van der Waals surface area contributed by atoms with Crippen LogP contribution in [-0.2, 0) is 6.42 Å². The second-order valence-electron chi connectivity index (χ2n) is 11.0. The van der Waals surface area contributed by atoms with Crippen LogP contribution >= 0.6 is 24.8 Å². The fourth-order valence-electron chi connectivity index (χ4n) is 5.56. The lowest BCUT2D eigenvalue weighted by Crippen LogP contribution is -2.47. The molecule has 0 spiro atoms. The number of ether oxygens (including phenoxy) is 1. The Morgan fingerprint density at radius 3 is 2.36 bits per heavy atom. The van der Waals surface area contributed by atoms with E-state index in [0.717, 1.165) is 85.3 Å². The van der Waals surface area contributed by atoms with E-state index in [1.54, 1.807) is 0 Å². The first kappa shape index (κ1) is 31.2. The Balaban J connectivity index is 0.000000871. The molecule has 1 aromatic carbocycles. The lowest BCUT2D eigenvalue weighted by atomic mass is 9.83. The zero-order valence-corrected chi connectivity index (χ0v) is 24.0. The third kappa shape index (κ3) is 8.49. The highest BCUT2D eigenvalue weighted by Crippen LogP contribution is 2.34. The van der Waals surface area contributed by atoms with E-state index in [0.29, 0.717) is 0 Å². The molecule has 0 unspecified atom stereocenters. The Bertz CT molecular complexity index is 905. The standard InChI is InChI=1S/C26H38N2O3.C2H7N.2ClH/c1-19-24(30-17-21-5-6-21)10-8-22-23(27-31-25(19)22)9-7-20-11-15-28(16-12-20)18-26(29)13-3-2-4-14-26;1-3-2;;/h8,10,20-21,29H,2-7,9,11-18H2,1H3;3H,1-2H3;2*1H. The molecule has 6 nitrogen and oxygen atoms in total. The third-order valence-corrected chi connectivity index (χ3v) is 7.88. The van der Waals surface area contributed by atoms with Crippen LogP contribution in [0.4, 0.5) is 0 Å². The highest BCUT2D eigenvalue weighted by atomic mass is 35.5. The van der Waals surface area contributed by atoms with E-state index in [4.69, 9.17) is 9.26 Å². The van der Waals surface area contributed by atoms with Crippen molar-refractivity contribution in [3.05, 3.63) is 23.4 Å². The molecule has 3 aliphatic rings. The minimum Gasteiger partial charge on any atom is -0.493 e. The molecule has 2 heterocycles. The number of likely N-dealkylation sites (tertiary alicyclic amines) is 1. The predicted octanol–water partition coefficient (Wildman–Crippen LogP) is 5.94. The Kier molecular flexibility index (Phi) is 12.8. The van der Waals surface area contributed by atoms with Crippen molar-refractivity contribution in [2.75, 3.05) is 40.3 Å². The van der Waals surface area contributed by atoms with E-state index in [1.165, 1.54) is 51.4 Å². The van der Waals surface area contributed by atoms with Gasteiger partial charge in [-0.2, -0.15) is 0 Å². The molecule has 0 amide bonds. The normalized spacial score (nSPS) is 20.1. The Labute approximate surface area is 229 Å². The average molecular weight is 545 g/mol. The van der Waals surface area contributed by atoms with Gasteiger partial charge in [0.2, 0.25) is 0 Å². The van der Waals surface area contributed by atoms with E-state index in [9.17, 15) is 5.11 Å². The summed E-state index contributed by atoms with van der Waals surface area (Å²) in [6, 6.07) is 4.22. The minimum atomic E-state index is -0.427. The van der Waals surface area contributed by atoms with Crippen LogP contribution < -0.4 is 10.1 Å². The quantitative estimate of drug-likeness (QED) is 0.429. The first-order valence-electron chi connectivity index (χ1n) is 13.5. The van der Waals surface area contributed by atoms with Gasteiger partial charge >= 0.3 is 0 Å². The number of nitrogens with zero attached hydrogens (tertiary/aromatic N) is 2. The highest BCUT2D eigenvalue weighted by Gasteiger charge is 2.32. The minimum absolute atomic E-state index is 0. The monoisotopic (exact) mass is 543 g/mol. The maximum absolute atomic E-state index is 10.9. The molecule has 2 saturated carbocycles. The van der Waals surface area contributed by atoms with Gasteiger partial charge < -0.3 is 24.6 Å². The van der Waals surface area contributed by atoms with Crippen molar-refractivity contribution >= 4 is 35.8 Å². The molecule has 2 N–H and O–H groups in total. The second kappa shape index (κ2) is 14.8. The number of halogens is 2. The van der Waals surface area contributed by atoms with E-state index in [1.807, 2.05) is 14.1 Å². The third-order valence-electron chi connectivity index (χ3n) is 7.88. The molecule has 8 heteroatoms. The molecular formula is C28H47Cl2N3O3. The second-order valence-corrected chi connectivity index (χ2v) is 11.0. The van der Waals surface area contributed by atoms with Crippen LogP contribution in [0.15, 0.2) is 16.7 Å². The van der Waals surface area contributed by atoms with Gasteiger partial charge in [0.25, 0.3) is 0 Å². The molecular weight excluding hydrogens is 497 g/mol. The largest absolute Gasteiger partial charge is 0.493 e. The van der Waals surface area contributed by atoms with Gasteiger partial charge in [0.05, 0.1) is 17.9 Å². The van der Waals surface area contributed by atoms with Crippen molar-refractivity contribution in [1.29, 1.82) is 0 Å². The van der Waals surface area contributed by atoms with Gasteiger partial charge in [-0.05, 0) is 109 Å². The summed E-state index contributed by atoms with van der Waals surface area (Å²) in [6.07, 6.45) is 12.8. The van der Waals surface area contributed by atoms with Crippen LogP contribution in [0.25, 0.3) is 11.0 Å². The van der Waals surface area contributed by atoms with Gasteiger partial charge in [0.15, 0.2) is 5.58 Å². The molecule has 0 bridgehead atoms. The summed E-state index contributed by atoms with van der Waals surface area (Å²) < 4.78 is 11.7. The topological polar surface area (TPSA) is 70.8 Å². The smallest absolute Gasteiger partial charge is 0.173 e. The van der Waals surface area contributed by atoms with E-state index >= 15 is 0 Å². The van der Waals surface area contributed by atoms with Gasteiger partial charge in [-0.25, -0.2) is 0 Å². The number of aryl methyl sites for hydroxylation is 2. The zero-order valence-electron chi connectivity index (χ0n) is 22.4. The molecule has 2 aliphatic carbocycles. The summed E-state index contributed by atoms with van der Waals surface area (Å²) in [5.74, 6) is 2.43. The maximum Gasteiger partial charge on any atom is 0.173 e. The van der Waals surface area contributed by atoms with Crippen molar-refractivity contribution < 1.29 is 14.4 Å². The number of aliphatic hydroxyl groups is 1. The molecule has 1 saturated heterocycles. The molecule has 206 valence electrons. The van der Waals surface area contributed by atoms with E-state index < -0.39 is 5.60 Å². The van der Waals surface area contributed by atoms with Crippen molar-refractivity contribution in [3.8, 4) is 5.75 Å². The number of hydrogen-bond acceptors (Lipinski definition) is 6. The van der Waals surface area contributed by atoms with Crippen LogP contribution in [0.3, 0.4) is 0 Å². The van der Waals surface area contributed by atoms with Gasteiger partial charge in [0, 0.05) is 17.5 Å². The number of rotatable bonds is 8. The lowest BCUT2D eigenvalue weighted by molar-refractivity contribution is -0.0328. The molecule has 5 rings (SSSR count). The van der Waals surface area contributed by atoms with Crippen LogP contribution in [0.2, 0.25) is 0 Å². The molecule has 1 aromatic heterocycles. The number of nitrogens with one attached hydrogen (secondary N) is 1. The lowest BCUT2D eigenvalue weighted by Gasteiger charge is -2.40. The van der Waals surface area contributed by atoms with Crippen molar-refractivity contribution in [2.24, 2.45) is 11.8 Å². The number of fused-ring (bicyclic) bond motifs is 1. The Morgan fingerprint density at radius 1 is 1.06 bits per heavy atom. The van der Waals surface area contributed by atoms with Gasteiger partial charge in [-0.3, -0.25) is 0 Å². The van der Waals surface area contributed by atoms with Crippen molar-refractivity contribution in [1.82, 2.24) is 15.4 Å². The van der Waals surface area contributed by atoms with Gasteiger partial charge in [0.1, 0.15) is 5.75 Å². The zero-order chi connectivity index (χ0) is 24.0. The predicted molar refractivity (Wildman–Crippen MR) is 152 cm³/mol. The fourth-order valence-corrected chi connectivity index (χ4v) is 5.56. The first-order chi connectivity index (χ1) is 16.5. The number of β-amino-alcohol motifs (C(OH)–C–C–N with tert-alkyl or cyclic N) is 1. The SMILES string of the molecule is CNC.Cc1c(OCC2CC2)ccc2c(CCC3CCN(CC4(O)CCCCC4)CC3)noc12.Cl.Cl. The maximum atomic E-state index is 10.9. The average Bonchev–Trinajstić information content (AvgIpc) is 3.57.